The molecule has 3 aromatic rings. The Balaban J connectivity index is 1.83. The van der Waals surface area contributed by atoms with E-state index in [0.717, 1.165) is 5.56 Å². The van der Waals surface area contributed by atoms with E-state index in [1.54, 1.807) is 13.8 Å². The minimum atomic E-state index is -3.83. The zero-order valence-corrected chi connectivity index (χ0v) is 19.4. The number of aromatic carboxylic acids is 1. The maximum absolute atomic E-state index is 13.3. The minimum Gasteiger partial charge on any atom is -0.478 e. The van der Waals surface area contributed by atoms with Crippen molar-refractivity contribution in [3.05, 3.63) is 95.1 Å². The molecule has 0 atom stereocenters. The number of anilines is 1. The van der Waals surface area contributed by atoms with Crippen molar-refractivity contribution in [1.82, 2.24) is 4.31 Å². The van der Waals surface area contributed by atoms with E-state index < -0.39 is 21.9 Å². The lowest BCUT2D eigenvalue weighted by Crippen LogP contribution is -2.36. The van der Waals surface area contributed by atoms with Gasteiger partial charge in [0.05, 0.1) is 27.8 Å². The molecule has 0 heterocycles. The number of benzene rings is 3. The third-order valence-corrected chi connectivity index (χ3v) is 7.14. The highest BCUT2D eigenvalue weighted by molar-refractivity contribution is 7.89. The maximum Gasteiger partial charge on any atom is 0.337 e. The Bertz CT molecular complexity index is 1350. The number of nitrogens with zero attached hydrogens (tertiary/aromatic N) is 2. The lowest BCUT2D eigenvalue weighted by Gasteiger charge is -2.26. The van der Waals surface area contributed by atoms with E-state index in [4.69, 9.17) is 5.26 Å². The fraction of sp³-hybridized carbons (Fsp3) is 0.160. The number of carboxylic acids is 1. The van der Waals surface area contributed by atoms with Crippen molar-refractivity contribution in [2.24, 2.45) is 0 Å². The van der Waals surface area contributed by atoms with E-state index in [-0.39, 0.29) is 39.9 Å². The van der Waals surface area contributed by atoms with Crippen molar-refractivity contribution in [3.63, 3.8) is 0 Å². The van der Waals surface area contributed by atoms with E-state index in [9.17, 15) is 23.1 Å². The van der Waals surface area contributed by atoms with Crippen molar-refractivity contribution >= 4 is 27.6 Å². The van der Waals surface area contributed by atoms with Crippen LogP contribution < -0.4 is 5.32 Å². The molecule has 0 saturated carbocycles. The van der Waals surface area contributed by atoms with Crippen LogP contribution in [-0.4, -0.2) is 35.7 Å². The van der Waals surface area contributed by atoms with Gasteiger partial charge >= 0.3 is 5.97 Å². The summed E-state index contributed by atoms with van der Waals surface area (Å²) >= 11 is 0. The summed E-state index contributed by atoms with van der Waals surface area (Å²) in [5.74, 6) is -1.90. The molecule has 9 heteroatoms. The number of hydrogen-bond donors (Lipinski definition) is 2. The van der Waals surface area contributed by atoms with Gasteiger partial charge in [0.1, 0.15) is 0 Å². The van der Waals surface area contributed by atoms with Crippen LogP contribution in [0.1, 0.15) is 45.7 Å². The molecule has 0 aromatic heterocycles. The number of sulfonamides is 1. The van der Waals surface area contributed by atoms with Gasteiger partial charge in [0.2, 0.25) is 10.0 Å². The quantitative estimate of drug-likeness (QED) is 0.503. The molecule has 34 heavy (non-hydrogen) atoms. The number of nitrogens with one attached hydrogen (secondary N) is 1. The molecule has 2 N–H and O–H groups in total. The van der Waals surface area contributed by atoms with Gasteiger partial charge in [-0.3, -0.25) is 4.79 Å². The Labute approximate surface area is 198 Å². The highest BCUT2D eigenvalue weighted by Gasteiger charge is 2.27. The second-order valence-electron chi connectivity index (χ2n) is 7.79. The lowest BCUT2D eigenvalue weighted by molar-refractivity contribution is 0.0698. The molecular weight excluding hydrogens is 454 g/mol. The fourth-order valence-corrected chi connectivity index (χ4v) is 4.94. The van der Waals surface area contributed by atoms with Crippen molar-refractivity contribution in [2.45, 2.75) is 31.3 Å². The number of rotatable bonds is 8. The zero-order chi connectivity index (χ0) is 24.9. The second-order valence-corrected chi connectivity index (χ2v) is 9.68. The number of carbonyl (C=O) groups excluding carboxylic acids is 1. The van der Waals surface area contributed by atoms with Crippen LogP contribution in [0.2, 0.25) is 0 Å². The number of carbonyl (C=O) groups is 2. The first-order valence-corrected chi connectivity index (χ1v) is 11.8. The predicted molar refractivity (Wildman–Crippen MR) is 127 cm³/mol. The summed E-state index contributed by atoms with van der Waals surface area (Å²) in [7, 11) is -3.83. The molecule has 0 aliphatic heterocycles. The Hall–Kier alpha value is -4.00. The van der Waals surface area contributed by atoms with Gasteiger partial charge in [0.25, 0.3) is 5.91 Å². The summed E-state index contributed by atoms with van der Waals surface area (Å²) in [4.78, 5) is 24.2. The first kappa shape index (κ1) is 24.6. The Kier molecular flexibility index (Phi) is 7.46. The number of carboxylic acid groups (broad SMARTS) is 1. The van der Waals surface area contributed by atoms with E-state index in [1.165, 1.54) is 46.8 Å². The van der Waals surface area contributed by atoms with E-state index in [1.807, 2.05) is 36.4 Å². The number of amides is 1. The molecule has 0 bridgehead atoms. The molecule has 0 spiro atoms. The van der Waals surface area contributed by atoms with Crippen molar-refractivity contribution in [3.8, 4) is 6.07 Å². The fourth-order valence-electron chi connectivity index (χ4n) is 3.32. The lowest BCUT2D eigenvalue weighted by atomic mass is 10.1. The summed E-state index contributed by atoms with van der Waals surface area (Å²) in [6, 6.07) is 20.1. The van der Waals surface area contributed by atoms with Crippen LogP contribution in [0.5, 0.6) is 0 Å². The minimum absolute atomic E-state index is 0.0297. The standard InChI is InChI=1S/C25H23N3O5S/c1-17(2)28(16-18-6-4-3-5-7-18)34(32,33)21-11-9-20(10-12-21)24(29)27-23-13-8-19(15-26)14-22(23)25(30)31/h3-14,17H,16H2,1-2H3,(H,27,29)(H,30,31). The monoisotopic (exact) mass is 477 g/mol. The molecule has 3 rings (SSSR count). The third-order valence-electron chi connectivity index (χ3n) is 5.11. The molecule has 0 aliphatic rings. The smallest absolute Gasteiger partial charge is 0.337 e. The molecule has 0 unspecified atom stereocenters. The predicted octanol–water partition coefficient (Wildman–Crippen LogP) is 4.11. The molecule has 3 aromatic carbocycles. The summed E-state index contributed by atoms with van der Waals surface area (Å²) in [5, 5.41) is 20.8. The molecule has 0 fully saturated rings. The highest BCUT2D eigenvalue weighted by Crippen LogP contribution is 2.23. The van der Waals surface area contributed by atoms with Gasteiger partial charge in [-0.15, -0.1) is 0 Å². The van der Waals surface area contributed by atoms with Gasteiger partial charge in [-0.05, 0) is 61.9 Å². The summed E-state index contributed by atoms with van der Waals surface area (Å²) in [6.07, 6.45) is 0. The SMILES string of the molecule is CC(C)N(Cc1ccccc1)S(=O)(=O)c1ccc(C(=O)Nc2ccc(C#N)cc2C(=O)O)cc1. The maximum atomic E-state index is 13.3. The molecule has 8 nitrogen and oxygen atoms in total. The van der Waals surface area contributed by atoms with Gasteiger partial charge in [0, 0.05) is 18.2 Å². The van der Waals surface area contributed by atoms with Crippen LogP contribution in [0.4, 0.5) is 5.69 Å². The van der Waals surface area contributed by atoms with E-state index in [2.05, 4.69) is 5.32 Å². The normalized spacial score (nSPS) is 11.3. The average Bonchev–Trinajstić information content (AvgIpc) is 2.83. The van der Waals surface area contributed by atoms with Crippen LogP contribution in [0.15, 0.2) is 77.7 Å². The van der Waals surface area contributed by atoms with Gasteiger partial charge in [-0.2, -0.15) is 9.57 Å². The number of hydrogen-bond acceptors (Lipinski definition) is 5. The van der Waals surface area contributed by atoms with Gasteiger partial charge in [0.15, 0.2) is 0 Å². The molecule has 0 saturated heterocycles. The van der Waals surface area contributed by atoms with Crippen molar-refractivity contribution in [2.75, 3.05) is 5.32 Å². The highest BCUT2D eigenvalue weighted by atomic mass is 32.2. The van der Waals surface area contributed by atoms with Crippen LogP contribution in [0, 0.1) is 11.3 Å². The van der Waals surface area contributed by atoms with E-state index in [0.29, 0.717) is 0 Å². The van der Waals surface area contributed by atoms with E-state index >= 15 is 0 Å². The largest absolute Gasteiger partial charge is 0.478 e. The third kappa shape index (κ3) is 5.49. The van der Waals surface area contributed by atoms with Crippen LogP contribution >= 0.6 is 0 Å². The van der Waals surface area contributed by atoms with Crippen molar-refractivity contribution < 1.29 is 23.1 Å². The Morgan fingerprint density at radius 3 is 2.24 bits per heavy atom. The van der Waals surface area contributed by atoms with Gasteiger partial charge in [-0.25, -0.2) is 13.2 Å². The second kappa shape index (κ2) is 10.3. The molecular formula is C25H23N3O5S. The molecule has 1 amide bonds. The average molecular weight is 478 g/mol. The Morgan fingerprint density at radius 1 is 1.03 bits per heavy atom. The topological polar surface area (TPSA) is 128 Å². The Morgan fingerprint density at radius 2 is 1.68 bits per heavy atom. The van der Waals surface area contributed by atoms with Crippen LogP contribution in [0.25, 0.3) is 0 Å². The number of nitriles is 1. The van der Waals surface area contributed by atoms with Crippen molar-refractivity contribution in [1.29, 1.82) is 5.26 Å². The summed E-state index contributed by atoms with van der Waals surface area (Å²) < 4.78 is 27.9. The molecule has 0 aliphatic carbocycles. The van der Waals surface area contributed by atoms with Gasteiger partial charge < -0.3 is 10.4 Å². The van der Waals surface area contributed by atoms with Crippen LogP contribution in [0.3, 0.4) is 0 Å². The van der Waals surface area contributed by atoms with Crippen LogP contribution in [-0.2, 0) is 16.6 Å². The zero-order valence-electron chi connectivity index (χ0n) is 18.6. The molecule has 0 radical (unpaired) electrons. The van der Waals surface area contributed by atoms with Gasteiger partial charge in [-0.1, -0.05) is 30.3 Å². The first-order valence-electron chi connectivity index (χ1n) is 10.4. The summed E-state index contributed by atoms with van der Waals surface area (Å²) in [6.45, 7) is 3.79. The summed E-state index contributed by atoms with van der Waals surface area (Å²) in [5.41, 5.74) is 0.962. The molecule has 174 valence electrons. The first-order chi connectivity index (χ1) is 16.1.